The third kappa shape index (κ3) is 5.77. The Bertz CT molecular complexity index is 1360. The van der Waals surface area contributed by atoms with Crippen molar-refractivity contribution < 1.29 is 23.9 Å². The molecule has 1 N–H and O–H groups in total. The van der Waals surface area contributed by atoms with Crippen LogP contribution in [0.1, 0.15) is 95.6 Å². The number of hydrogen-bond acceptors (Lipinski definition) is 6. The number of amides is 2. The molecule has 0 radical (unpaired) electrons. The number of ether oxygens (including phenoxy) is 1. The number of aryl methyl sites for hydroxylation is 1. The fourth-order valence-electron chi connectivity index (χ4n) is 6.76. The summed E-state index contributed by atoms with van der Waals surface area (Å²) in [6.07, 6.45) is 6.05. The Labute approximate surface area is 242 Å². The van der Waals surface area contributed by atoms with Crippen LogP contribution in [0.4, 0.5) is 0 Å². The first kappa shape index (κ1) is 29.3. The summed E-state index contributed by atoms with van der Waals surface area (Å²) in [5.74, 6) is 0.703. The maximum Gasteiger partial charge on any atom is 0.245 e. The van der Waals surface area contributed by atoms with Gasteiger partial charge in [-0.3, -0.25) is 23.9 Å². The van der Waals surface area contributed by atoms with E-state index in [2.05, 4.69) is 24.3 Å². The number of benzene rings is 1. The average molecular weight is 565 g/mol. The molecule has 0 spiro atoms. The number of piperidine rings is 1. The Balaban J connectivity index is 1.56. The Hall–Kier alpha value is -3.23. The van der Waals surface area contributed by atoms with E-state index >= 15 is 0 Å². The standard InChI is InChI=1S/C32H44N4O5/c1-6-26(38)25-14-32-15-27(32)36(25)28(39)16-35-30-22(11-9-7-8-10-20(4)31(40)33-18-32)12-23(41-17-19(2)3)13-24(30)29(34-35)21(5)37/h12-13,19-20,25,27H,6-11,14-18H2,1-5H3,(H,33,40)/t20-,25-,27+,32-/m0/s1. The van der Waals surface area contributed by atoms with Crippen molar-refractivity contribution in [1.29, 1.82) is 0 Å². The molecule has 2 aliphatic heterocycles. The lowest BCUT2D eigenvalue weighted by molar-refractivity contribution is -0.139. The fourth-order valence-corrected chi connectivity index (χ4v) is 6.76. The molecule has 2 bridgehead atoms. The summed E-state index contributed by atoms with van der Waals surface area (Å²) in [7, 11) is 0. The number of aromatic nitrogens is 2. The average Bonchev–Trinajstić information content (AvgIpc) is 3.35. The number of carbonyl (C=O) groups excluding carboxylic acids is 4. The second-order valence-corrected chi connectivity index (χ2v) is 12.9. The number of nitrogens with zero attached hydrogens (tertiary/aromatic N) is 3. The van der Waals surface area contributed by atoms with Gasteiger partial charge in [0.15, 0.2) is 11.6 Å². The first-order valence-corrected chi connectivity index (χ1v) is 15.3. The predicted octanol–water partition coefficient (Wildman–Crippen LogP) is 4.48. The van der Waals surface area contributed by atoms with Gasteiger partial charge >= 0.3 is 0 Å². The summed E-state index contributed by atoms with van der Waals surface area (Å²) in [4.78, 5) is 54.4. The van der Waals surface area contributed by atoms with Gasteiger partial charge in [0, 0.05) is 42.7 Å². The lowest BCUT2D eigenvalue weighted by Crippen LogP contribution is -2.44. The van der Waals surface area contributed by atoms with E-state index in [1.165, 1.54) is 6.92 Å². The molecule has 4 atom stereocenters. The fraction of sp³-hybridized carbons (Fsp3) is 0.656. The molecule has 1 aromatic heterocycles. The minimum Gasteiger partial charge on any atom is -0.493 e. The van der Waals surface area contributed by atoms with E-state index in [0.717, 1.165) is 49.6 Å². The Kier molecular flexibility index (Phi) is 8.26. The molecule has 1 saturated heterocycles. The molecule has 1 aromatic carbocycles. The van der Waals surface area contributed by atoms with Gasteiger partial charge in [0.1, 0.15) is 18.0 Å². The van der Waals surface area contributed by atoms with Crippen LogP contribution in [0.15, 0.2) is 12.1 Å². The van der Waals surface area contributed by atoms with Crippen LogP contribution in [-0.4, -0.2) is 63.3 Å². The van der Waals surface area contributed by atoms with Gasteiger partial charge in [0.2, 0.25) is 11.8 Å². The zero-order valence-electron chi connectivity index (χ0n) is 25.1. The lowest BCUT2D eigenvalue weighted by Gasteiger charge is -2.26. The number of hydrogen-bond donors (Lipinski definition) is 1. The van der Waals surface area contributed by atoms with E-state index in [4.69, 9.17) is 4.74 Å². The summed E-state index contributed by atoms with van der Waals surface area (Å²) in [6.45, 7) is 10.5. The highest BCUT2D eigenvalue weighted by molar-refractivity contribution is 6.06. The summed E-state index contributed by atoms with van der Waals surface area (Å²) >= 11 is 0. The number of Topliss-reactive ketones (excluding diaryl/α,β-unsaturated/α-hetero) is 2. The molecule has 2 amide bonds. The van der Waals surface area contributed by atoms with Crippen LogP contribution >= 0.6 is 0 Å². The van der Waals surface area contributed by atoms with Crippen molar-refractivity contribution in [1.82, 2.24) is 20.0 Å². The van der Waals surface area contributed by atoms with Crippen LogP contribution < -0.4 is 10.1 Å². The van der Waals surface area contributed by atoms with Gasteiger partial charge in [0.25, 0.3) is 0 Å². The smallest absolute Gasteiger partial charge is 0.245 e. The van der Waals surface area contributed by atoms with E-state index in [-0.39, 0.29) is 47.3 Å². The largest absolute Gasteiger partial charge is 0.493 e. The minimum atomic E-state index is -0.496. The highest BCUT2D eigenvalue weighted by Gasteiger charge is 2.66. The predicted molar refractivity (Wildman–Crippen MR) is 156 cm³/mol. The third-order valence-corrected chi connectivity index (χ3v) is 9.17. The van der Waals surface area contributed by atoms with E-state index < -0.39 is 6.04 Å². The van der Waals surface area contributed by atoms with Gasteiger partial charge in [-0.15, -0.1) is 0 Å². The van der Waals surface area contributed by atoms with Crippen LogP contribution in [0, 0.1) is 17.3 Å². The van der Waals surface area contributed by atoms with Gasteiger partial charge < -0.3 is 15.0 Å². The molecular formula is C32H44N4O5. The molecule has 2 fully saturated rings. The first-order chi connectivity index (χ1) is 19.5. The Morgan fingerprint density at radius 1 is 1.17 bits per heavy atom. The normalized spacial score (nSPS) is 27.0. The summed E-state index contributed by atoms with van der Waals surface area (Å²) in [5, 5.41) is 8.52. The van der Waals surface area contributed by atoms with Crippen LogP contribution in [0.5, 0.6) is 5.75 Å². The topological polar surface area (TPSA) is 111 Å². The van der Waals surface area contributed by atoms with Crippen molar-refractivity contribution >= 4 is 34.3 Å². The van der Waals surface area contributed by atoms with Crippen molar-refractivity contribution in [3.63, 3.8) is 0 Å². The zero-order valence-corrected chi connectivity index (χ0v) is 25.1. The Morgan fingerprint density at radius 3 is 2.66 bits per heavy atom. The van der Waals surface area contributed by atoms with E-state index in [0.29, 0.717) is 48.7 Å². The van der Waals surface area contributed by atoms with E-state index in [9.17, 15) is 19.2 Å². The van der Waals surface area contributed by atoms with Crippen molar-refractivity contribution in [2.75, 3.05) is 13.2 Å². The molecule has 9 heteroatoms. The second-order valence-electron chi connectivity index (χ2n) is 12.9. The van der Waals surface area contributed by atoms with Gasteiger partial charge in [-0.1, -0.05) is 40.5 Å². The maximum absolute atomic E-state index is 14.0. The van der Waals surface area contributed by atoms with Crippen LogP contribution in [0.25, 0.3) is 10.9 Å². The highest BCUT2D eigenvalue weighted by atomic mass is 16.5. The van der Waals surface area contributed by atoms with Crippen LogP contribution in [0.3, 0.4) is 0 Å². The number of carbonyl (C=O) groups is 4. The third-order valence-electron chi connectivity index (χ3n) is 9.17. The monoisotopic (exact) mass is 564 g/mol. The van der Waals surface area contributed by atoms with Crippen molar-refractivity contribution in [3.8, 4) is 5.75 Å². The summed E-state index contributed by atoms with van der Waals surface area (Å²) in [5.41, 5.74) is 1.86. The summed E-state index contributed by atoms with van der Waals surface area (Å²) < 4.78 is 7.77. The van der Waals surface area contributed by atoms with Crippen molar-refractivity contribution in [2.24, 2.45) is 17.3 Å². The van der Waals surface area contributed by atoms with Crippen molar-refractivity contribution in [2.45, 2.75) is 105 Å². The molecule has 0 unspecified atom stereocenters. The summed E-state index contributed by atoms with van der Waals surface area (Å²) in [6, 6.07) is 3.32. The van der Waals surface area contributed by atoms with E-state index in [1.54, 1.807) is 9.58 Å². The molecule has 41 heavy (non-hydrogen) atoms. The molecule has 1 aliphatic carbocycles. The molecule has 3 aliphatic rings. The molecular weight excluding hydrogens is 520 g/mol. The molecule has 9 nitrogen and oxygen atoms in total. The number of ketones is 2. The van der Waals surface area contributed by atoms with Gasteiger partial charge in [0.05, 0.1) is 18.2 Å². The molecule has 3 heterocycles. The molecule has 222 valence electrons. The Morgan fingerprint density at radius 2 is 1.95 bits per heavy atom. The molecule has 5 rings (SSSR count). The number of rotatable bonds is 6. The maximum atomic E-state index is 14.0. The minimum absolute atomic E-state index is 0.0430. The van der Waals surface area contributed by atoms with Gasteiger partial charge in [-0.2, -0.15) is 5.10 Å². The zero-order chi connectivity index (χ0) is 29.5. The number of nitrogens with one attached hydrogen (secondary N) is 1. The van der Waals surface area contributed by atoms with Crippen molar-refractivity contribution in [3.05, 3.63) is 23.4 Å². The molecule has 2 aromatic rings. The lowest BCUT2D eigenvalue weighted by atomic mass is 9.95. The second kappa shape index (κ2) is 11.6. The SMILES string of the molecule is CCC(=O)[C@@H]1C[C@]23CNC(=O)[C@@H](C)CCCCCc4cc(OCC(C)C)cc5c(C(C)=O)nn(c45)CC(=O)N1[C@@H]2C3. The van der Waals surface area contributed by atoms with E-state index in [1.807, 2.05) is 26.0 Å². The van der Waals surface area contributed by atoms with Gasteiger partial charge in [-0.05, 0) is 55.7 Å². The quantitative estimate of drug-likeness (QED) is 0.518. The highest BCUT2D eigenvalue weighted by Crippen LogP contribution is 2.59. The van der Waals surface area contributed by atoms with Crippen LogP contribution in [-0.2, 0) is 27.3 Å². The first-order valence-electron chi connectivity index (χ1n) is 15.3. The van der Waals surface area contributed by atoms with Crippen LogP contribution in [0.2, 0.25) is 0 Å². The van der Waals surface area contributed by atoms with Gasteiger partial charge in [-0.25, -0.2) is 0 Å². The molecule has 1 saturated carbocycles.